The van der Waals surface area contributed by atoms with Crippen LogP contribution in [-0.4, -0.2) is 21.7 Å². The van der Waals surface area contributed by atoms with Gasteiger partial charge in [0.15, 0.2) is 5.69 Å². The summed E-state index contributed by atoms with van der Waals surface area (Å²) >= 11 is 0. The van der Waals surface area contributed by atoms with Crippen LogP contribution in [0, 0.1) is 5.92 Å². The van der Waals surface area contributed by atoms with Gasteiger partial charge in [0.25, 0.3) is 5.56 Å². The monoisotopic (exact) mass is 244 g/mol. The van der Waals surface area contributed by atoms with Crippen LogP contribution in [-0.2, 0) is 0 Å². The van der Waals surface area contributed by atoms with Crippen LogP contribution in [0.4, 0.5) is 5.95 Å². The lowest BCUT2D eigenvalue weighted by Gasteiger charge is -2.07. The molecule has 0 unspecified atom stereocenters. The number of hydrogen-bond donors (Lipinski definition) is 2. The fourth-order valence-corrected chi connectivity index (χ4v) is 1.50. The van der Waals surface area contributed by atoms with E-state index >= 15 is 0 Å². The lowest BCUT2D eigenvalue weighted by molar-refractivity contribution is 0.682. The van der Waals surface area contributed by atoms with Gasteiger partial charge in [-0.3, -0.25) is 9.78 Å². The molecule has 0 fully saturated rings. The van der Waals surface area contributed by atoms with Crippen molar-refractivity contribution < 1.29 is 0 Å². The van der Waals surface area contributed by atoms with Crippen LogP contribution in [0.15, 0.2) is 35.1 Å². The highest BCUT2D eigenvalue weighted by atomic mass is 16.1. The Morgan fingerprint density at radius 1 is 1.22 bits per heavy atom. The first-order valence-corrected chi connectivity index (χ1v) is 5.93. The molecular weight excluding hydrogens is 228 g/mol. The third-order valence-electron chi connectivity index (χ3n) is 2.42. The number of nitrogens with one attached hydrogen (secondary N) is 2. The maximum Gasteiger partial charge on any atom is 0.279 e. The number of H-pyrrole nitrogens is 1. The highest BCUT2D eigenvalue weighted by Gasteiger charge is 2.06. The van der Waals surface area contributed by atoms with Gasteiger partial charge in [0.2, 0.25) is 5.95 Å². The number of aromatic amines is 1. The molecule has 0 spiro atoms. The minimum Gasteiger partial charge on any atom is -0.354 e. The van der Waals surface area contributed by atoms with Crippen molar-refractivity contribution >= 4 is 5.95 Å². The Balaban J connectivity index is 2.23. The van der Waals surface area contributed by atoms with Crippen LogP contribution in [0.1, 0.15) is 13.8 Å². The molecule has 0 aliphatic heterocycles. The Morgan fingerprint density at radius 3 is 2.56 bits per heavy atom. The second-order valence-corrected chi connectivity index (χ2v) is 4.49. The highest BCUT2D eigenvalue weighted by Crippen LogP contribution is 2.10. The third-order valence-corrected chi connectivity index (χ3v) is 2.42. The van der Waals surface area contributed by atoms with Crippen LogP contribution >= 0.6 is 0 Å². The second-order valence-electron chi connectivity index (χ2n) is 4.49. The normalized spacial score (nSPS) is 10.6. The molecular formula is C13H16N4O. The van der Waals surface area contributed by atoms with Gasteiger partial charge in [-0.05, 0) is 5.92 Å². The van der Waals surface area contributed by atoms with Crippen LogP contribution in [0.5, 0.6) is 0 Å². The molecule has 94 valence electrons. The average Bonchev–Trinajstić information content (AvgIpc) is 2.37. The summed E-state index contributed by atoms with van der Waals surface area (Å²) in [6, 6.07) is 9.29. The molecule has 18 heavy (non-hydrogen) atoms. The number of hydrogen-bond acceptors (Lipinski definition) is 4. The summed E-state index contributed by atoms with van der Waals surface area (Å²) in [6.07, 6.45) is 0. The molecule has 0 amide bonds. The zero-order valence-corrected chi connectivity index (χ0v) is 10.5. The van der Waals surface area contributed by atoms with Crippen molar-refractivity contribution in [1.29, 1.82) is 0 Å². The Kier molecular flexibility index (Phi) is 3.72. The van der Waals surface area contributed by atoms with Crippen LogP contribution in [0.25, 0.3) is 11.3 Å². The molecule has 1 heterocycles. The Bertz CT molecular complexity index is 563. The quantitative estimate of drug-likeness (QED) is 0.861. The number of benzene rings is 1. The lowest BCUT2D eigenvalue weighted by Crippen LogP contribution is -2.18. The maximum absolute atomic E-state index is 11.9. The van der Waals surface area contributed by atoms with E-state index in [1.54, 1.807) is 0 Å². The van der Waals surface area contributed by atoms with Gasteiger partial charge in [-0.1, -0.05) is 44.2 Å². The molecule has 0 aliphatic rings. The molecule has 0 aliphatic carbocycles. The van der Waals surface area contributed by atoms with Crippen molar-refractivity contribution in [3.05, 3.63) is 40.7 Å². The molecule has 2 aromatic rings. The van der Waals surface area contributed by atoms with E-state index in [-0.39, 0.29) is 5.56 Å². The molecule has 1 aromatic carbocycles. The maximum atomic E-state index is 11.9. The molecule has 0 bridgehead atoms. The molecule has 2 N–H and O–H groups in total. The Labute approximate surface area is 105 Å². The minimum atomic E-state index is -0.234. The molecule has 0 saturated carbocycles. The van der Waals surface area contributed by atoms with E-state index < -0.39 is 0 Å². The summed E-state index contributed by atoms with van der Waals surface area (Å²) in [6.45, 7) is 4.91. The van der Waals surface area contributed by atoms with E-state index in [4.69, 9.17) is 0 Å². The first kappa shape index (κ1) is 12.3. The number of rotatable bonds is 4. The first-order chi connectivity index (χ1) is 8.66. The first-order valence-electron chi connectivity index (χ1n) is 5.93. The zero-order valence-electron chi connectivity index (χ0n) is 10.5. The van der Waals surface area contributed by atoms with Crippen molar-refractivity contribution in [2.75, 3.05) is 11.9 Å². The van der Waals surface area contributed by atoms with Gasteiger partial charge in [0, 0.05) is 12.1 Å². The third kappa shape index (κ3) is 2.94. The predicted octanol–water partition coefficient (Wildman–Crippen LogP) is 1.90. The van der Waals surface area contributed by atoms with Crippen molar-refractivity contribution in [3.8, 4) is 11.3 Å². The summed E-state index contributed by atoms with van der Waals surface area (Å²) in [5.41, 5.74) is 0.870. The van der Waals surface area contributed by atoms with Gasteiger partial charge < -0.3 is 5.32 Å². The van der Waals surface area contributed by atoms with Crippen LogP contribution in [0.2, 0.25) is 0 Å². The lowest BCUT2D eigenvalue weighted by atomic mass is 10.2. The predicted molar refractivity (Wildman–Crippen MR) is 71.4 cm³/mol. The fourth-order valence-electron chi connectivity index (χ4n) is 1.50. The number of aromatic nitrogens is 3. The van der Waals surface area contributed by atoms with Gasteiger partial charge in [0.05, 0.1) is 0 Å². The van der Waals surface area contributed by atoms with Gasteiger partial charge >= 0.3 is 0 Å². The van der Waals surface area contributed by atoms with Gasteiger partial charge in [0.1, 0.15) is 0 Å². The van der Waals surface area contributed by atoms with Gasteiger partial charge in [-0.2, -0.15) is 0 Å². The van der Waals surface area contributed by atoms with Crippen molar-refractivity contribution in [2.24, 2.45) is 5.92 Å². The Morgan fingerprint density at radius 2 is 1.94 bits per heavy atom. The number of anilines is 1. The van der Waals surface area contributed by atoms with Crippen molar-refractivity contribution in [2.45, 2.75) is 13.8 Å². The number of nitrogens with zero attached hydrogens (tertiary/aromatic N) is 2. The summed E-state index contributed by atoms with van der Waals surface area (Å²) in [5.74, 6) is 0.887. The smallest absolute Gasteiger partial charge is 0.279 e. The molecule has 0 radical (unpaired) electrons. The van der Waals surface area contributed by atoms with Gasteiger partial charge in [-0.15, -0.1) is 10.2 Å². The standard InChI is InChI=1S/C13H16N4O/c1-9(2)8-14-13-15-12(18)11(16-17-13)10-6-4-3-5-7-10/h3-7,9H,8H2,1-2H3,(H2,14,15,17,18). The fraction of sp³-hybridized carbons (Fsp3) is 0.308. The highest BCUT2D eigenvalue weighted by molar-refractivity contribution is 5.57. The second kappa shape index (κ2) is 5.44. The van der Waals surface area contributed by atoms with E-state index in [0.717, 1.165) is 12.1 Å². The summed E-state index contributed by atoms with van der Waals surface area (Å²) in [4.78, 5) is 14.6. The van der Waals surface area contributed by atoms with E-state index in [9.17, 15) is 4.79 Å². The molecule has 0 saturated heterocycles. The van der Waals surface area contributed by atoms with E-state index in [1.807, 2.05) is 30.3 Å². The zero-order chi connectivity index (χ0) is 13.0. The van der Waals surface area contributed by atoms with Crippen molar-refractivity contribution in [1.82, 2.24) is 15.2 Å². The van der Waals surface area contributed by atoms with Crippen molar-refractivity contribution in [3.63, 3.8) is 0 Å². The molecule has 5 heteroatoms. The van der Waals surface area contributed by atoms with E-state index in [2.05, 4.69) is 34.3 Å². The topological polar surface area (TPSA) is 70.7 Å². The molecule has 1 aromatic heterocycles. The van der Waals surface area contributed by atoms with Gasteiger partial charge in [-0.25, -0.2) is 0 Å². The summed E-state index contributed by atoms with van der Waals surface area (Å²) in [5, 5.41) is 11.0. The minimum absolute atomic E-state index is 0.234. The molecule has 0 atom stereocenters. The molecule has 2 rings (SSSR count). The Hall–Kier alpha value is -2.17. The molecule has 5 nitrogen and oxygen atoms in total. The SMILES string of the molecule is CC(C)CNc1nnc(-c2ccccc2)c(=O)[nH]1. The van der Waals surface area contributed by atoms with E-state index in [0.29, 0.717) is 17.6 Å². The largest absolute Gasteiger partial charge is 0.354 e. The van der Waals surface area contributed by atoms with E-state index in [1.165, 1.54) is 0 Å². The summed E-state index contributed by atoms with van der Waals surface area (Å²) < 4.78 is 0. The average molecular weight is 244 g/mol. The van der Waals surface area contributed by atoms with Crippen LogP contribution < -0.4 is 10.9 Å². The summed E-state index contributed by atoms with van der Waals surface area (Å²) in [7, 11) is 0. The van der Waals surface area contributed by atoms with Crippen LogP contribution in [0.3, 0.4) is 0 Å².